The number of halogens is 1. The zero-order valence-electron chi connectivity index (χ0n) is 10.8. The molecule has 0 saturated heterocycles. The molecule has 1 aromatic heterocycles. The first-order valence-electron chi connectivity index (χ1n) is 6.03. The highest BCUT2D eigenvalue weighted by molar-refractivity contribution is 7.12. The summed E-state index contributed by atoms with van der Waals surface area (Å²) in [7, 11) is 0. The second-order valence-corrected chi connectivity index (χ2v) is 5.45. The fourth-order valence-corrected chi connectivity index (χ4v) is 2.88. The van der Waals surface area contributed by atoms with Gasteiger partial charge in [0.2, 0.25) is 0 Å². The van der Waals surface area contributed by atoms with Crippen molar-refractivity contribution in [3.05, 3.63) is 51.2 Å². The monoisotopic (exact) mass is 325 g/mol. The molecule has 110 valence electrons. The van der Waals surface area contributed by atoms with Crippen molar-refractivity contribution in [3.63, 3.8) is 0 Å². The van der Waals surface area contributed by atoms with Crippen LogP contribution in [0.25, 0.3) is 0 Å². The zero-order chi connectivity index (χ0) is 15.4. The molecule has 0 aliphatic heterocycles. The van der Waals surface area contributed by atoms with Gasteiger partial charge >= 0.3 is 5.97 Å². The Morgan fingerprint density at radius 3 is 2.33 bits per heavy atom. The van der Waals surface area contributed by atoms with E-state index in [2.05, 4.69) is 0 Å². The molecular formula is C14H12ClNO4S. The van der Waals surface area contributed by atoms with E-state index in [1.165, 1.54) is 40.5 Å². The van der Waals surface area contributed by atoms with E-state index in [0.29, 0.717) is 15.6 Å². The van der Waals surface area contributed by atoms with Crippen molar-refractivity contribution in [1.82, 2.24) is 0 Å². The van der Waals surface area contributed by atoms with Crippen LogP contribution < -0.4 is 4.90 Å². The van der Waals surface area contributed by atoms with Gasteiger partial charge in [0, 0.05) is 12.2 Å². The van der Waals surface area contributed by atoms with Gasteiger partial charge < -0.3 is 15.1 Å². The Labute approximate surface area is 130 Å². The third-order valence-electron chi connectivity index (χ3n) is 2.81. The number of carboxylic acid groups (broad SMARTS) is 1. The summed E-state index contributed by atoms with van der Waals surface area (Å²) in [5.41, 5.74) is 0.632. The van der Waals surface area contributed by atoms with Gasteiger partial charge in [0.1, 0.15) is 4.88 Å². The van der Waals surface area contributed by atoms with Crippen LogP contribution in [0.15, 0.2) is 35.7 Å². The van der Waals surface area contributed by atoms with Crippen LogP contribution >= 0.6 is 22.9 Å². The van der Waals surface area contributed by atoms with Crippen LogP contribution in [0.3, 0.4) is 0 Å². The van der Waals surface area contributed by atoms with E-state index in [1.807, 2.05) is 0 Å². The Hall–Kier alpha value is -1.89. The quantitative estimate of drug-likeness (QED) is 0.886. The van der Waals surface area contributed by atoms with Gasteiger partial charge in [-0.3, -0.25) is 4.79 Å². The number of hydrogen-bond donors (Lipinski definition) is 2. The van der Waals surface area contributed by atoms with Crippen molar-refractivity contribution < 1.29 is 19.8 Å². The second-order valence-electron chi connectivity index (χ2n) is 4.13. The minimum atomic E-state index is -1.04. The molecular weight excluding hydrogens is 314 g/mol. The van der Waals surface area contributed by atoms with E-state index in [0.717, 1.165) is 0 Å². The van der Waals surface area contributed by atoms with E-state index in [4.69, 9.17) is 21.8 Å². The smallest absolute Gasteiger partial charge is 0.335 e. The van der Waals surface area contributed by atoms with Crippen molar-refractivity contribution in [2.24, 2.45) is 0 Å². The zero-order valence-corrected chi connectivity index (χ0v) is 12.4. The summed E-state index contributed by atoms with van der Waals surface area (Å²) in [5.74, 6) is -1.37. The molecule has 2 aromatic rings. The second kappa shape index (κ2) is 6.71. The lowest BCUT2D eigenvalue weighted by molar-refractivity contribution is 0.0696. The standard InChI is InChI=1S/C14H12ClNO4S/c15-11-5-8-21-12(11)13(18)16(6-7-17)10-3-1-9(2-4-10)14(19)20/h1-5,8,17H,6-7H2,(H,19,20). The van der Waals surface area contributed by atoms with Crippen LogP contribution in [-0.2, 0) is 0 Å². The lowest BCUT2D eigenvalue weighted by Gasteiger charge is -2.21. The minimum Gasteiger partial charge on any atom is -0.478 e. The van der Waals surface area contributed by atoms with Crippen LogP contribution in [0.5, 0.6) is 0 Å². The highest BCUT2D eigenvalue weighted by Crippen LogP contribution is 2.26. The fourth-order valence-electron chi connectivity index (χ4n) is 1.80. The molecule has 0 bridgehead atoms. The van der Waals surface area contributed by atoms with Crippen molar-refractivity contribution in [1.29, 1.82) is 0 Å². The summed E-state index contributed by atoms with van der Waals surface area (Å²) in [5, 5.41) is 20.1. The van der Waals surface area contributed by atoms with Gasteiger partial charge in [0.05, 0.1) is 17.2 Å². The van der Waals surface area contributed by atoms with Gasteiger partial charge in [0.25, 0.3) is 5.91 Å². The molecule has 7 heteroatoms. The normalized spacial score (nSPS) is 10.4. The number of rotatable bonds is 5. The molecule has 0 radical (unpaired) electrons. The molecule has 5 nitrogen and oxygen atoms in total. The lowest BCUT2D eigenvalue weighted by Crippen LogP contribution is -2.33. The first-order valence-corrected chi connectivity index (χ1v) is 7.29. The molecule has 1 amide bonds. The van der Waals surface area contributed by atoms with E-state index < -0.39 is 5.97 Å². The van der Waals surface area contributed by atoms with Crippen molar-refractivity contribution >= 4 is 40.5 Å². The van der Waals surface area contributed by atoms with Crippen LogP contribution in [0.2, 0.25) is 5.02 Å². The third-order valence-corrected chi connectivity index (χ3v) is 4.14. The van der Waals surface area contributed by atoms with Crippen molar-refractivity contribution in [2.45, 2.75) is 0 Å². The predicted molar refractivity (Wildman–Crippen MR) is 81.5 cm³/mol. The Kier molecular flexibility index (Phi) is 4.95. The summed E-state index contributed by atoms with van der Waals surface area (Å²) in [6.07, 6.45) is 0. The van der Waals surface area contributed by atoms with Crippen LogP contribution in [-0.4, -0.2) is 35.2 Å². The molecule has 2 rings (SSSR count). The Morgan fingerprint density at radius 2 is 1.86 bits per heavy atom. The minimum absolute atomic E-state index is 0.0967. The Balaban J connectivity index is 2.32. The highest BCUT2D eigenvalue weighted by atomic mass is 35.5. The molecule has 0 atom stereocenters. The molecule has 21 heavy (non-hydrogen) atoms. The van der Waals surface area contributed by atoms with Crippen LogP contribution in [0.1, 0.15) is 20.0 Å². The van der Waals surface area contributed by atoms with E-state index >= 15 is 0 Å². The number of carbonyl (C=O) groups excluding carboxylic acids is 1. The fraction of sp³-hybridized carbons (Fsp3) is 0.143. The number of aliphatic hydroxyl groups excluding tert-OH is 1. The number of thiophene rings is 1. The third kappa shape index (κ3) is 3.41. The molecule has 0 saturated carbocycles. The number of aromatic carboxylic acids is 1. The molecule has 2 N–H and O–H groups in total. The number of anilines is 1. The molecule has 1 heterocycles. The number of carbonyl (C=O) groups is 2. The summed E-state index contributed by atoms with van der Waals surface area (Å²) in [6, 6.07) is 7.50. The lowest BCUT2D eigenvalue weighted by atomic mass is 10.2. The van der Waals surface area contributed by atoms with Gasteiger partial charge in [-0.05, 0) is 35.7 Å². The number of amides is 1. The van der Waals surface area contributed by atoms with Crippen LogP contribution in [0.4, 0.5) is 5.69 Å². The van der Waals surface area contributed by atoms with E-state index in [1.54, 1.807) is 11.4 Å². The first-order chi connectivity index (χ1) is 10.0. The number of carboxylic acids is 1. The van der Waals surface area contributed by atoms with Gasteiger partial charge in [-0.2, -0.15) is 0 Å². The number of nitrogens with zero attached hydrogens (tertiary/aromatic N) is 1. The summed E-state index contributed by atoms with van der Waals surface area (Å²) >= 11 is 7.17. The summed E-state index contributed by atoms with van der Waals surface area (Å²) in [6.45, 7) is -0.116. The number of hydrogen-bond acceptors (Lipinski definition) is 4. The van der Waals surface area contributed by atoms with Crippen molar-refractivity contribution in [3.8, 4) is 0 Å². The molecule has 0 aliphatic carbocycles. The SMILES string of the molecule is O=C(O)c1ccc(N(CCO)C(=O)c2sccc2Cl)cc1. The molecule has 0 fully saturated rings. The van der Waals surface area contributed by atoms with Gasteiger partial charge in [-0.15, -0.1) is 11.3 Å². The summed E-state index contributed by atoms with van der Waals surface area (Å²) in [4.78, 5) is 25.0. The van der Waals surface area contributed by atoms with E-state index in [9.17, 15) is 9.59 Å². The maximum Gasteiger partial charge on any atom is 0.335 e. The highest BCUT2D eigenvalue weighted by Gasteiger charge is 2.21. The first kappa shape index (κ1) is 15.5. The summed E-state index contributed by atoms with van der Waals surface area (Å²) < 4.78 is 0. The molecule has 0 unspecified atom stereocenters. The average molecular weight is 326 g/mol. The molecule has 1 aromatic carbocycles. The Bertz CT molecular complexity index is 653. The van der Waals surface area contributed by atoms with Crippen LogP contribution in [0, 0.1) is 0 Å². The van der Waals surface area contributed by atoms with E-state index in [-0.39, 0.29) is 24.6 Å². The maximum atomic E-state index is 12.5. The number of aliphatic hydroxyl groups is 1. The van der Waals surface area contributed by atoms with Gasteiger partial charge in [-0.1, -0.05) is 11.6 Å². The molecule has 0 aliphatic rings. The molecule has 0 spiro atoms. The average Bonchev–Trinajstić information content (AvgIpc) is 2.90. The van der Waals surface area contributed by atoms with Gasteiger partial charge in [0.15, 0.2) is 0 Å². The maximum absolute atomic E-state index is 12.5. The Morgan fingerprint density at radius 1 is 1.19 bits per heavy atom. The number of benzene rings is 1. The largest absolute Gasteiger partial charge is 0.478 e. The topological polar surface area (TPSA) is 77.8 Å². The van der Waals surface area contributed by atoms with Gasteiger partial charge in [-0.25, -0.2) is 4.79 Å². The predicted octanol–water partition coefficient (Wildman–Crippen LogP) is 2.74. The van der Waals surface area contributed by atoms with Crippen molar-refractivity contribution in [2.75, 3.05) is 18.1 Å².